The summed E-state index contributed by atoms with van der Waals surface area (Å²) in [5.74, 6) is -0.818. The third-order valence-corrected chi connectivity index (χ3v) is 8.74. The predicted molar refractivity (Wildman–Crippen MR) is 144 cm³/mol. The number of esters is 1. The molecule has 222 valence electrons. The number of sulfonamides is 1. The standard InChI is InChI=1S/C28H33F3N4O5S/c1-4-34-18-23(32-33-34)12-10-21(15-27(36)39-5-2)20-11-13-24(28(29,30)31)22(14-20)17-35-16-19(3)40-25-8-6-7-9-26(25)41(35,37)38/h6-9,11,13-14,18-19,21H,4-5,10,12,15-17H2,1-3H3/t19-,21?/m1/s1. The van der Waals surface area contributed by atoms with Crippen molar-refractivity contribution in [3.05, 3.63) is 71.0 Å². The van der Waals surface area contributed by atoms with E-state index in [2.05, 4.69) is 10.3 Å². The van der Waals surface area contributed by atoms with Crippen molar-refractivity contribution in [3.63, 3.8) is 0 Å². The molecule has 0 saturated carbocycles. The first-order valence-corrected chi connectivity index (χ1v) is 14.9. The van der Waals surface area contributed by atoms with Gasteiger partial charge in [0.05, 0.1) is 30.8 Å². The van der Waals surface area contributed by atoms with E-state index in [-0.39, 0.29) is 35.8 Å². The van der Waals surface area contributed by atoms with Crippen molar-refractivity contribution in [2.45, 2.75) is 76.2 Å². The molecule has 0 saturated heterocycles. The Kier molecular flexibility index (Phi) is 9.37. The summed E-state index contributed by atoms with van der Waals surface area (Å²) in [7, 11) is -4.17. The highest BCUT2D eigenvalue weighted by atomic mass is 32.2. The Morgan fingerprint density at radius 1 is 1.20 bits per heavy atom. The van der Waals surface area contributed by atoms with E-state index in [1.54, 1.807) is 30.8 Å². The van der Waals surface area contributed by atoms with Crippen LogP contribution in [0.2, 0.25) is 0 Å². The van der Waals surface area contributed by atoms with Crippen molar-refractivity contribution in [2.75, 3.05) is 13.2 Å². The normalized spacial score (nSPS) is 17.8. The maximum absolute atomic E-state index is 14.2. The van der Waals surface area contributed by atoms with Crippen LogP contribution in [0.15, 0.2) is 53.6 Å². The van der Waals surface area contributed by atoms with E-state index < -0.39 is 46.3 Å². The lowest BCUT2D eigenvalue weighted by Gasteiger charge is -2.25. The number of nitrogens with zero attached hydrogens (tertiary/aromatic N) is 4. The van der Waals surface area contributed by atoms with Crippen LogP contribution in [0, 0.1) is 0 Å². The van der Waals surface area contributed by atoms with Gasteiger partial charge in [-0.1, -0.05) is 29.5 Å². The Labute approximate surface area is 237 Å². The second-order valence-electron chi connectivity index (χ2n) is 9.90. The number of ether oxygens (including phenoxy) is 2. The Morgan fingerprint density at radius 2 is 1.95 bits per heavy atom. The number of fused-ring (bicyclic) bond motifs is 1. The monoisotopic (exact) mass is 594 g/mol. The van der Waals surface area contributed by atoms with Crippen molar-refractivity contribution < 1.29 is 35.9 Å². The molecule has 13 heteroatoms. The summed E-state index contributed by atoms with van der Waals surface area (Å²) < 4.78 is 83.1. The van der Waals surface area contributed by atoms with Gasteiger partial charge < -0.3 is 9.47 Å². The van der Waals surface area contributed by atoms with Gasteiger partial charge in [0.2, 0.25) is 10.0 Å². The van der Waals surface area contributed by atoms with Gasteiger partial charge in [-0.05, 0) is 68.9 Å². The number of aryl methyl sites for hydroxylation is 2. The molecular weight excluding hydrogens is 561 g/mol. The molecule has 1 aliphatic rings. The van der Waals surface area contributed by atoms with Gasteiger partial charge in [-0.3, -0.25) is 9.48 Å². The van der Waals surface area contributed by atoms with Gasteiger partial charge in [0.25, 0.3) is 0 Å². The Hall–Kier alpha value is -3.45. The van der Waals surface area contributed by atoms with Crippen LogP contribution in [0.3, 0.4) is 0 Å². The van der Waals surface area contributed by atoms with Crippen LogP contribution in [-0.4, -0.2) is 52.9 Å². The molecule has 0 bridgehead atoms. The smallest absolute Gasteiger partial charge is 0.416 e. The average Bonchev–Trinajstić information content (AvgIpc) is 3.35. The van der Waals surface area contributed by atoms with Crippen molar-refractivity contribution in [3.8, 4) is 5.75 Å². The Balaban J connectivity index is 1.71. The number of carbonyl (C=O) groups excluding carboxylic acids is 1. The molecule has 1 aromatic heterocycles. The molecule has 2 aromatic carbocycles. The van der Waals surface area contributed by atoms with Crippen molar-refractivity contribution in [2.24, 2.45) is 0 Å². The van der Waals surface area contributed by atoms with Crippen LogP contribution in [0.4, 0.5) is 13.2 Å². The maximum Gasteiger partial charge on any atom is 0.416 e. The summed E-state index contributed by atoms with van der Waals surface area (Å²) >= 11 is 0. The third kappa shape index (κ3) is 7.25. The largest absolute Gasteiger partial charge is 0.488 e. The minimum atomic E-state index is -4.72. The molecule has 1 unspecified atom stereocenters. The van der Waals surface area contributed by atoms with E-state index >= 15 is 0 Å². The van der Waals surface area contributed by atoms with E-state index in [0.717, 1.165) is 10.4 Å². The first-order valence-electron chi connectivity index (χ1n) is 13.4. The first kappa shape index (κ1) is 30.5. The van der Waals surface area contributed by atoms with Crippen molar-refractivity contribution >= 4 is 16.0 Å². The molecule has 3 aromatic rings. The van der Waals surface area contributed by atoms with E-state index in [4.69, 9.17) is 9.47 Å². The minimum Gasteiger partial charge on any atom is -0.488 e. The van der Waals surface area contributed by atoms with Crippen LogP contribution in [-0.2, 0) is 45.2 Å². The second kappa shape index (κ2) is 12.6. The van der Waals surface area contributed by atoms with Gasteiger partial charge in [0, 0.05) is 19.3 Å². The van der Waals surface area contributed by atoms with Crippen LogP contribution in [0.1, 0.15) is 61.9 Å². The van der Waals surface area contributed by atoms with Crippen LogP contribution >= 0.6 is 0 Å². The highest BCUT2D eigenvalue weighted by Crippen LogP contribution is 2.38. The van der Waals surface area contributed by atoms with E-state index in [1.807, 2.05) is 6.92 Å². The minimum absolute atomic E-state index is 0.0547. The number of rotatable bonds is 10. The van der Waals surface area contributed by atoms with Crippen LogP contribution in [0.25, 0.3) is 0 Å². The van der Waals surface area contributed by atoms with E-state index in [1.165, 1.54) is 30.3 Å². The number of hydrogen-bond acceptors (Lipinski definition) is 7. The van der Waals surface area contributed by atoms with Gasteiger partial charge in [0.1, 0.15) is 16.7 Å². The van der Waals surface area contributed by atoms with Gasteiger partial charge >= 0.3 is 12.1 Å². The quantitative estimate of drug-likeness (QED) is 0.306. The second-order valence-corrected chi connectivity index (χ2v) is 11.8. The average molecular weight is 595 g/mol. The van der Waals surface area contributed by atoms with Crippen molar-refractivity contribution in [1.82, 2.24) is 19.3 Å². The summed E-state index contributed by atoms with van der Waals surface area (Å²) in [5, 5.41) is 8.14. The predicted octanol–water partition coefficient (Wildman–Crippen LogP) is 4.96. The Morgan fingerprint density at radius 3 is 2.63 bits per heavy atom. The van der Waals surface area contributed by atoms with Gasteiger partial charge in [-0.2, -0.15) is 17.5 Å². The molecule has 0 spiro atoms. The SMILES string of the molecule is CCOC(=O)CC(CCc1cn(CC)nn1)c1ccc(C(F)(F)F)c(CN2C[C@@H](C)Oc3ccccc3S2(=O)=O)c1. The number of hydrogen-bond donors (Lipinski definition) is 0. The summed E-state index contributed by atoms with van der Waals surface area (Å²) in [5.41, 5.74) is 0.0104. The summed E-state index contributed by atoms with van der Waals surface area (Å²) in [6.07, 6.45) is -2.76. The van der Waals surface area contributed by atoms with E-state index in [9.17, 15) is 26.4 Å². The number of halogens is 3. The molecular formula is C28H33F3N4O5S. The zero-order valence-electron chi connectivity index (χ0n) is 23.1. The molecule has 4 rings (SSSR count). The number of aromatic nitrogens is 3. The fourth-order valence-corrected chi connectivity index (χ4v) is 6.50. The molecule has 41 heavy (non-hydrogen) atoms. The third-order valence-electron chi connectivity index (χ3n) is 6.89. The number of benzene rings is 2. The fraction of sp³-hybridized carbons (Fsp3) is 0.464. The summed E-state index contributed by atoms with van der Waals surface area (Å²) in [4.78, 5) is 12.4. The lowest BCUT2D eigenvalue weighted by atomic mass is 9.88. The molecule has 0 radical (unpaired) electrons. The molecule has 0 amide bonds. The van der Waals surface area contributed by atoms with Crippen molar-refractivity contribution in [1.29, 1.82) is 0 Å². The lowest BCUT2D eigenvalue weighted by Crippen LogP contribution is -2.36. The summed E-state index contributed by atoms with van der Waals surface area (Å²) in [6, 6.07) is 9.72. The molecule has 9 nitrogen and oxygen atoms in total. The number of alkyl halides is 3. The summed E-state index contributed by atoms with van der Waals surface area (Å²) in [6.45, 7) is 5.40. The number of para-hydroxylation sites is 1. The fourth-order valence-electron chi connectivity index (χ4n) is 4.89. The van der Waals surface area contributed by atoms with E-state index in [0.29, 0.717) is 30.6 Å². The van der Waals surface area contributed by atoms with Crippen LogP contribution in [0.5, 0.6) is 5.75 Å². The number of carbonyl (C=O) groups is 1. The zero-order chi connectivity index (χ0) is 29.8. The van der Waals surface area contributed by atoms with Crippen LogP contribution < -0.4 is 4.74 Å². The first-order chi connectivity index (χ1) is 19.4. The molecule has 0 aliphatic carbocycles. The molecule has 2 atom stereocenters. The topological polar surface area (TPSA) is 104 Å². The lowest BCUT2D eigenvalue weighted by molar-refractivity contribution is -0.143. The van der Waals surface area contributed by atoms with Gasteiger partial charge in [0.15, 0.2) is 0 Å². The van der Waals surface area contributed by atoms with Gasteiger partial charge in [-0.15, -0.1) is 5.10 Å². The molecule has 0 N–H and O–H groups in total. The molecule has 2 heterocycles. The highest BCUT2D eigenvalue weighted by Gasteiger charge is 2.38. The maximum atomic E-state index is 14.2. The zero-order valence-corrected chi connectivity index (χ0v) is 23.9. The molecule has 1 aliphatic heterocycles. The van der Waals surface area contributed by atoms with Gasteiger partial charge in [-0.25, -0.2) is 8.42 Å². The molecule has 0 fully saturated rings. The Bertz CT molecular complexity index is 1480. The highest BCUT2D eigenvalue weighted by molar-refractivity contribution is 7.89.